The van der Waals surface area contributed by atoms with Crippen LogP contribution in [0.1, 0.15) is 17.0 Å². The molecule has 1 aliphatic heterocycles. The van der Waals surface area contributed by atoms with Crippen molar-refractivity contribution in [2.45, 2.75) is 25.0 Å². The maximum atomic E-state index is 13.8. The Morgan fingerprint density at radius 3 is 2.91 bits per heavy atom. The molecule has 1 fully saturated rings. The summed E-state index contributed by atoms with van der Waals surface area (Å²) in [6.07, 6.45) is 1.34. The number of hydrogen-bond acceptors (Lipinski definition) is 6. The van der Waals surface area contributed by atoms with Crippen molar-refractivity contribution in [3.63, 3.8) is 0 Å². The van der Waals surface area contributed by atoms with Crippen molar-refractivity contribution in [2.24, 2.45) is 0 Å². The smallest absolute Gasteiger partial charge is 0.319 e. The summed E-state index contributed by atoms with van der Waals surface area (Å²) in [5, 5.41) is 16.9. The Hall–Kier alpha value is -3.92. The highest BCUT2D eigenvalue weighted by Crippen LogP contribution is 2.54. The number of pyridine rings is 1. The number of nitrogens with one attached hydrogen (secondary N) is 3. The number of urea groups is 1. The Kier molecular flexibility index (Phi) is 5.21. The van der Waals surface area contributed by atoms with Crippen molar-refractivity contribution < 1.29 is 28.2 Å². The molecule has 0 bridgehead atoms. The molecule has 3 aromatic rings. The molecular formula is C23H20F2N4O4. The number of anilines is 2. The maximum absolute atomic E-state index is 13.8. The van der Waals surface area contributed by atoms with E-state index in [1.165, 1.54) is 12.1 Å². The number of ether oxygens (including phenoxy) is 2. The van der Waals surface area contributed by atoms with E-state index in [9.17, 15) is 13.6 Å². The SMILES string of the molecule is Cc1c(Oc2ccc3c(c2)[C@H]2[C@H](NC(=O)Nc4cccc(F)c4F)[C@H]2O3)ccnc1NCO. The maximum Gasteiger partial charge on any atom is 0.319 e. The van der Waals surface area contributed by atoms with Crippen molar-refractivity contribution in [1.29, 1.82) is 0 Å². The number of rotatable bonds is 6. The number of aliphatic hydroxyl groups excluding tert-OH is 1. The fourth-order valence-electron chi connectivity index (χ4n) is 4.00. The summed E-state index contributed by atoms with van der Waals surface area (Å²) >= 11 is 0. The van der Waals surface area contributed by atoms with Crippen molar-refractivity contribution in [3.05, 3.63) is 71.4 Å². The topological polar surface area (TPSA) is 105 Å². The minimum Gasteiger partial charge on any atom is -0.487 e. The van der Waals surface area contributed by atoms with Crippen LogP contribution in [0.4, 0.5) is 25.1 Å². The zero-order valence-electron chi connectivity index (χ0n) is 17.4. The fourth-order valence-corrected chi connectivity index (χ4v) is 4.00. The number of aromatic nitrogens is 1. The third-order valence-electron chi connectivity index (χ3n) is 5.68. The first kappa shape index (κ1) is 21.0. The zero-order valence-corrected chi connectivity index (χ0v) is 17.4. The molecule has 0 radical (unpaired) electrons. The van der Waals surface area contributed by atoms with Gasteiger partial charge < -0.3 is 30.5 Å². The molecule has 8 nitrogen and oxygen atoms in total. The van der Waals surface area contributed by atoms with Crippen molar-refractivity contribution in [2.75, 3.05) is 17.4 Å². The molecule has 2 heterocycles. The van der Waals surface area contributed by atoms with Gasteiger partial charge in [0.25, 0.3) is 0 Å². The first-order valence-electron chi connectivity index (χ1n) is 10.3. The number of benzene rings is 2. The summed E-state index contributed by atoms with van der Waals surface area (Å²) in [7, 11) is 0. The van der Waals surface area contributed by atoms with Crippen LogP contribution < -0.4 is 25.4 Å². The molecule has 0 spiro atoms. The first-order valence-corrected chi connectivity index (χ1v) is 10.3. The molecular weight excluding hydrogens is 434 g/mol. The third kappa shape index (κ3) is 3.89. The molecule has 170 valence electrons. The highest BCUT2D eigenvalue weighted by Gasteiger charge is 2.59. The van der Waals surface area contributed by atoms with Gasteiger partial charge in [-0.15, -0.1) is 0 Å². The summed E-state index contributed by atoms with van der Waals surface area (Å²) in [5.41, 5.74) is 1.40. The standard InChI is InChI=1S/C23H20F2N4O4/c1-11-16(7-8-26-22(11)27-10-30)32-12-5-6-17-13(9-12)18-20(21(18)33-17)29-23(31)28-15-4-2-3-14(24)19(15)25/h2-9,18,20-21,30H,10H2,1H3,(H,26,27)(H2,28,29,31)/t18-,20-,21-/m0/s1. The van der Waals surface area contributed by atoms with Crippen molar-refractivity contribution >= 4 is 17.5 Å². The highest BCUT2D eigenvalue weighted by molar-refractivity contribution is 5.90. The largest absolute Gasteiger partial charge is 0.487 e. The van der Waals surface area contributed by atoms with E-state index < -0.39 is 17.7 Å². The number of carbonyl (C=O) groups is 1. The molecule has 0 unspecified atom stereocenters. The van der Waals surface area contributed by atoms with Gasteiger partial charge in [0.2, 0.25) is 0 Å². The molecule has 0 saturated heterocycles. The van der Waals surface area contributed by atoms with Gasteiger partial charge in [-0.3, -0.25) is 0 Å². The molecule has 1 aromatic heterocycles. The van der Waals surface area contributed by atoms with Gasteiger partial charge >= 0.3 is 6.03 Å². The Bertz CT molecular complexity index is 1240. The predicted octanol–water partition coefficient (Wildman–Crippen LogP) is 3.87. The molecule has 1 saturated carbocycles. The van der Waals surface area contributed by atoms with Gasteiger partial charge in [-0.1, -0.05) is 6.07 Å². The quantitative estimate of drug-likeness (QED) is 0.422. The van der Waals surface area contributed by atoms with Gasteiger partial charge in [0.1, 0.15) is 35.9 Å². The number of amides is 2. The Labute approximate surface area is 187 Å². The van der Waals surface area contributed by atoms with Gasteiger partial charge in [-0.05, 0) is 43.3 Å². The highest BCUT2D eigenvalue weighted by atomic mass is 19.2. The first-order chi connectivity index (χ1) is 16.0. The molecule has 33 heavy (non-hydrogen) atoms. The normalized spacial score (nSPS) is 19.7. The summed E-state index contributed by atoms with van der Waals surface area (Å²) < 4.78 is 39.0. The van der Waals surface area contributed by atoms with E-state index in [4.69, 9.17) is 14.6 Å². The average molecular weight is 454 g/mol. The second-order valence-corrected chi connectivity index (χ2v) is 7.75. The van der Waals surface area contributed by atoms with Crippen LogP contribution in [0.25, 0.3) is 0 Å². The van der Waals surface area contributed by atoms with Crippen LogP contribution in [0, 0.1) is 18.6 Å². The number of fused-ring (bicyclic) bond motifs is 3. The molecule has 3 atom stereocenters. The number of hydrogen-bond donors (Lipinski definition) is 4. The summed E-state index contributed by atoms with van der Waals surface area (Å²) in [4.78, 5) is 16.4. The molecule has 10 heteroatoms. The van der Waals surface area contributed by atoms with E-state index in [0.29, 0.717) is 23.1 Å². The molecule has 4 N–H and O–H groups in total. The van der Waals surface area contributed by atoms with Crippen LogP contribution in [0.3, 0.4) is 0 Å². The third-order valence-corrected chi connectivity index (χ3v) is 5.68. The number of halogens is 2. The van der Waals surface area contributed by atoms with Gasteiger partial charge in [0, 0.05) is 17.3 Å². The predicted molar refractivity (Wildman–Crippen MR) is 116 cm³/mol. The second-order valence-electron chi connectivity index (χ2n) is 7.75. The minimum absolute atomic E-state index is 0.0724. The Morgan fingerprint density at radius 1 is 1.24 bits per heavy atom. The lowest BCUT2D eigenvalue weighted by Crippen LogP contribution is -2.34. The van der Waals surface area contributed by atoms with E-state index >= 15 is 0 Å². The van der Waals surface area contributed by atoms with E-state index in [0.717, 1.165) is 17.2 Å². The molecule has 2 aliphatic rings. The summed E-state index contributed by atoms with van der Waals surface area (Å²) in [6.45, 7) is 1.58. The van der Waals surface area contributed by atoms with Crippen LogP contribution in [0.5, 0.6) is 17.2 Å². The summed E-state index contributed by atoms with van der Waals surface area (Å²) in [5.74, 6) is 0.169. The minimum atomic E-state index is -1.12. The molecule has 5 rings (SSSR count). The molecule has 2 amide bonds. The van der Waals surface area contributed by atoms with Gasteiger partial charge in [-0.25, -0.2) is 18.6 Å². The fraction of sp³-hybridized carbons (Fsp3) is 0.217. The van der Waals surface area contributed by atoms with Crippen LogP contribution in [-0.4, -0.2) is 35.0 Å². The monoisotopic (exact) mass is 454 g/mol. The van der Waals surface area contributed by atoms with E-state index in [1.807, 2.05) is 13.0 Å². The lowest BCUT2D eigenvalue weighted by atomic mass is 10.1. The van der Waals surface area contributed by atoms with E-state index in [-0.39, 0.29) is 30.5 Å². The number of nitrogens with zero attached hydrogens (tertiary/aromatic N) is 1. The zero-order chi connectivity index (χ0) is 23.1. The molecule has 2 aromatic carbocycles. The van der Waals surface area contributed by atoms with Crippen LogP contribution in [0.2, 0.25) is 0 Å². The Morgan fingerprint density at radius 2 is 2.09 bits per heavy atom. The second kappa shape index (κ2) is 8.21. The Balaban J connectivity index is 1.27. The van der Waals surface area contributed by atoms with Crippen LogP contribution in [-0.2, 0) is 0 Å². The van der Waals surface area contributed by atoms with Crippen molar-refractivity contribution in [3.8, 4) is 17.2 Å². The van der Waals surface area contributed by atoms with Crippen molar-refractivity contribution in [1.82, 2.24) is 10.3 Å². The van der Waals surface area contributed by atoms with E-state index in [2.05, 4.69) is 20.9 Å². The number of carbonyl (C=O) groups excluding carboxylic acids is 1. The summed E-state index contributed by atoms with van der Waals surface area (Å²) in [6, 6.07) is 9.79. The lowest BCUT2D eigenvalue weighted by molar-refractivity contribution is 0.246. The molecule has 1 aliphatic carbocycles. The van der Waals surface area contributed by atoms with E-state index in [1.54, 1.807) is 24.4 Å². The van der Waals surface area contributed by atoms with Gasteiger partial charge in [0.05, 0.1) is 17.6 Å². The van der Waals surface area contributed by atoms with Crippen LogP contribution >= 0.6 is 0 Å². The number of aliphatic hydroxyl groups is 1. The lowest BCUT2D eigenvalue weighted by Gasteiger charge is -2.14. The van der Waals surface area contributed by atoms with Gasteiger partial charge in [-0.2, -0.15) is 0 Å². The average Bonchev–Trinajstić information content (AvgIpc) is 3.30. The van der Waals surface area contributed by atoms with Gasteiger partial charge in [0.15, 0.2) is 11.6 Å². The van der Waals surface area contributed by atoms with Crippen LogP contribution in [0.15, 0.2) is 48.7 Å².